The molecule has 23 heavy (non-hydrogen) atoms. The number of aromatic amines is 1. The summed E-state index contributed by atoms with van der Waals surface area (Å²) in [5.41, 5.74) is 2.03. The number of nitrogens with one attached hydrogen (secondary N) is 2. The quantitative estimate of drug-likeness (QED) is 0.575. The number of hydrogen-bond donors (Lipinski definition) is 4. The van der Waals surface area contributed by atoms with Crippen molar-refractivity contribution in [3.8, 4) is 0 Å². The van der Waals surface area contributed by atoms with Gasteiger partial charge in [0.15, 0.2) is 0 Å². The van der Waals surface area contributed by atoms with Crippen LogP contribution in [0.5, 0.6) is 0 Å². The van der Waals surface area contributed by atoms with Crippen molar-refractivity contribution in [3.63, 3.8) is 0 Å². The third-order valence-electron chi connectivity index (χ3n) is 4.22. The summed E-state index contributed by atoms with van der Waals surface area (Å²) in [6.07, 6.45) is 2.56. The Morgan fingerprint density at radius 3 is 2.87 bits per heavy atom. The predicted molar refractivity (Wildman–Crippen MR) is 82.7 cm³/mol. The van der Waals surface area contributed by atoms with Gasteiger partial charge in [0, 0.05) is 19.0 Å². The first kappa shape index (κ1) is 17.4. The lowest BCUT2D eigenvalue weighted by molar-refractivity contribution is -0.131. The molecular formula is C15H24N4O4. The fourth-order valence-corrected chi connectivity index (χ4v) is 2.73. The second kappa shape index (κ2) is 8.07. The summed E-state index contributed by atoms with van der Waals surface area (Å²) < 4.78 is 0. The molecule has 0 unspecified atom stereocenters. The van der Waals surface area contributed by atoms with Gasteiger partial charge in [0.1, 0.15) is 0 Å². The van der Waals surface area contributed by atoms with Crippen LogP contribution in [0.1, 0.15) is 36.6 Å². The fraction of sp³-hybridized carbons (Fsp3) is 0.667. The molecule has 1 amide bonds. The number of carboxylic acid groups (broad SMARTS) is 1. The fourth-order valence-electron chi connectivity index (χ4n) is 2.73. The molecule has 0 aromatic carbocycles. The summed E-state index contributed by atoms with van der Waals surface area (Å²) in [6.45, 7) is 1.66. The van der Waals surface area contributed by atoms with Crippen molar-refractivity contribution >= 4 is 12.4 Å². The molecule has 0 spiro atoms. The number of H-pyrrole nitrogens is 1. The molecule has 1 saturated carbocycles. The number of aliphatic hydroxyl groups is 1. The molecule has 1 saturated heterocycles. The standard InChI is InChI=1S/C14H22N4O2.CH2O2/c1-18-5-4-13(19)11(8-18)14(20)15-7-10-6-12(17-16-10)9-2-3-9;2-1-3/h6,9,11,13,19H,2-5,7-8H2,1H3,(H,15,20)(H,16,17);1H,(H,2,3)/t11-,13+;/m1./s1. The Morgan fingerprint density at radius 2 is 2.22 bits per heavy atom. The third kappa shape index (κ3) is 5.04. The van der Waals surface area contributed by atoms with Crippen LogP contribution in [-0.2, 0) is 16.1 Å². The normalized spacial score (nSPS) is 24.4. The van der Waals surface area contributed by atoms with E-state index in [1.165, 1.54) is 12.8 Å². The minimum absolute atomic E-state index is 0.0772. The van der Waals surface area contributed by atoms with Crippen LogP contribution in [0.15, 0.2) is 6.07 Å². The molecule has 2 atom stereocenters. The monoisotopic (exact) mass is 324 g/mol. The van der Waals surface area contributed by atoms with E-state index >= 15 is 0 Å². The summed E-state index contributed by atoms with van der Waals surface area (Å²) in [4.78, 5) is 22.6. The van der Waals surface area contributed by atoms with Crippen molar-refractivity contribution in [1.82, 2.24) is 20.4 Å². The van der Waals surface area contributed by atoms with Gasteiger partial charge in [-0.15, -0.1) is 0 Å². The van der Waals surface area contributed by atoms with Crippen LogP contribution in [0.25, 0.3) is 0 Å². The second-order valence-electron chi connectivity index (χ2n) is 6.14. The largest absolute Gasteiger partial charge is 0.483 e. The Bertz CT molecular complexity index is 529. The molecule has 1 aromatic rings. The molecule has 1 aliphatic carbocycles. The van der Waals surface area contributed by atoms with E-state index in [1.807, 2.05) is 13.1 Å². The van der Waals surface area contributed by atoms with Gasteiger partial charge in [0.2, 0.25) is 5.91 Å². The first-order chi connectivity index (χ1) is 11.0. The number of piperidine rings is 1. The molecule has 3 rings (SSSR count). The van der Waals surface area contributed by atoms with Crippen molar-refractivity contribution < 1.29 is 19.8 Å². The average Bonchev–Trinajstić information content (AvgIpc) is 3.27. The molecule has 2 heterocycles. The highest BCUT2D eigenvalue weighted by Gasteiger charge is 2.31. The average molecular weight is 324 g/mol. The zero-order chi connectivity index (χ0) is 16.8. The highest BCUT2D eigenvalue weighted by molar-refractivity contribution is 5.79. The van der Waals surface area contributed by atoms with Gasteiger partial charge in [-0.05, 0) is 32.4 Å². The molecule has 8 heteroatoms. The lowest BCUT2D eigenvalue weighted by atomic mass is 9.94. The predicted octanol–water partition coefficient (Wildman–Crippen LogP) is -0.0833. The summed E-state index contributed by atoms with van der Waals surface area (Å²) in [6, 6.07) is 2.03. The molecule has 8 nitrogen and oxygen atoms in total. The number of aliphatic hydroxyl groups excluding tert-OH is 1. The van der Waals surface area contributed by atoms with E-state index in [4.69, 9.17) is 9.90 Å². The third-order valence-corrected chi connectivity index (χ3v) is 4.22. The van der Waals surface area contributed by atoms with Crippen molar-refractivity contribution in [2.45, 2.75) is 37.8 Å². The molecule has 2 aliphatic rings. The van der Waals surface area contributed by atoms with Crippen molar-refractivity contribution in [2.75, 3.05) is 20.1 Å². The maximum absolute atomic E-state index is 12.1. The summed E-state index contributed by atoms with van der Waals surface area (Å²) >= 11 is 0. The Kier molecular flexibility index (Phi) is 6.12. The maximum Gasteiger partial charge on any atom is 0.290 e. The minimum Gasteiger partial charge on any atom is -0.483 e. The van der Waals surface area contributed by atoms with E-state index in [1.54, 1.807) is 0 Å². The number of hydrogen-bond acceptors (Lipinski definition) is 5. The molecule has 0 bridgehead atoms. The van der Waals surface area contributed by atoms with E-state index in [2.05, 4.69) is 20.4 Å². The second-order valence-corrected chi connectivity index (χ2v) is 6.14. The van der Waals surface area contributed by atoms with Crippen LogP contribution in [0, 0.1) is 5.92 Å². The van der Waals surface area contributed by atoms with E-state index in [0.29, 0.717) is 25.4 Å². The van der Waals surface area contributed by atoms with Gasteiger partial charge >= 0.3 is 0 Å². The van der Waals surface area contributed by atoms with E-state index in [-0.39, 0.29) is 18.3 Å². The molecule has 2 fully saturated rings. The first-order valence-electron chi connectivity index (χ1n) is 7.81. The topological polar surface area (TPSA) is 119 Å². The van der Waals surface area contributed by atoms with Crippen LogP contribution in [0.2, 0.25) is 0 Å². The zero-order valence-corrected chi connectivity index (χ0v) is 13.2. The molecule has 0 radical (unpaired) electrons. The van der Waals surface area contributed by atoms with E-state index in [0.717, 1.165) is 17.9 Å². The van der Waals surface area contributed by atoms with Crippen molar-refractivity contribution in [2.24, 2.45) is 5.92 Å². The van der Waals surface area contributed by atoms with Gasteiger partial charge in [0.25, 0.3) is 6.47 Å². The van der Waals surface area contributed by atoms with Gasteiger partial charge in [-0.2, -0.15) is 5.10 Å². The molecule has 128 valence electrons. The van der Waals surface area contributed by atoms with Gasteiger partial charge in [-0.25, -0.2) is 0 Å². The number of carbonyl (C=O) groups excluding carboxylic acids is 1. The van der Waals surface area contributed by atoms with Gasteiger partial charge in [-0.1, -0.05) is 0 Å². The summed E-state index contributed by atoms with van der Waals surface area (Å²) in [5.74, 6) is 0.204. The van der Waals surface area contributed by atoms with E-state index in [9.17, 15) is 9.90 Å². The van der Waals surface area contributed by atoms with Crippen LogP contribution < -0.4 is 5.32 Å². The number of rotatable bonds is 4. The summed E-state index contributed by atoms with van der Waals surface area (Å²) in [7, 11) is 1.98. The summed E-state index contributed by atoms with van der Waals surface area (Å²) in [5, 5.41) is 26.9. The lowest BCUT2D eigenvalue weighted by Crippen LogP contribution is -2.48. The maximum atomic E-state index is 12.1. The number of amides is 1. The van der Waals surface area contributed by atoms with Gasteiger partial charge in [-0.3, -0.25) is 14.7 Å². The van der Waals surface area contributed by atoms with Gasteiger partial charge < -0.3 is 20.4 Å². The smallest absolute Gasteiger partial charge is 0.290 e. The number of aromatic nitrogens is 2. The zero-order valence-electron chi connectivity index (χ0n) is 13.2. The number of likely N-dealkylation sites (tertiary alicyclic amines) is 1. The minimum atomic E-state index is -0.532. The Morgan fingerprint density at radius 1 is 1.52 bits per heavy atom. The van der Waals surface area contributed by atoms with Crippen LogP contribution >= 0.6 is 0 Å². The first-order valence-corrected chi connectivity index (χ1v) is 7.81. The Hall–Kier alpha value is -1.93. The molecule has 4 N–H and O–H groups in total. The van der Waals surface area contributed by atoms with Crippen LogP contribution in [0.3, 0.4) is 0 Å². The Labute approximate surface area is 134 Å². The lowest BCUT2D eigenvalue weighted by Gasteiger charge is -2.32. The van der Waals surface area contributed by atoms with Crippen molar-refractivity contribution in [1.29, 1.82) is 0 Å². The highest BCUT2D eigenvalue weighted by atomic mass is 16.3. The SMILES string of the molecule is CN1CC[C@H](O)[C@H](C(=O)NCc2cc(C3CC3)n[nH]2)C1.O=CO. The Balaban J connectivity index is 0.000000595. The van der Waals surface area contributed by atoms with E-state index < -0.39 is 6.10 Å². The number of nitrogens with zero attached hydrogens (tertiary/aromatic N) is 2. The van der Waals surface area contributed by atoms with Crippen LogP contribution in [-0.4, -0.2) is 63.9 Å². The molecule has 1 aliphatic heterocycles. The van der Waals surface area contributed by atoms with Crippen LogP contribution in [0.4, 0.5) is 0 Å². The highest BCUT2D eigenvalue weighted by Crippen LogP contribution is 2.38. The van der Waals surface area contributed by atoms with Gasteiger partial charge in [0.05, 0.1) is 30.0 Å². The number of carbonyl (C=O) groups is 2. The molecular weight excluding hydrogens is 300 g/mol. The molecule has 1 aromatic heterocycles. The van der Waals surface area contributed by atoms with Crippen molar-refractivity contribution in [3.05, 3.63) is 17.5 Å².